The monoisotopic (exact) mass is 318 g/mol. The largest absolute Gasteiger partial charge is 0.393 e. The third-order valence-electron chi connectivity index (χ3n) is 7.79. The van der Waals surface area contributed by atoms with Crippen molar-refractivity contribution in [1.29, 1.82) is 0 Å². The third-order valence-corrected chi connectivity index (χ3v) is 7.79. The number of allylic oxidation sites excluding steroid dienone is 2. The van der Waals surface area contributed by atoms with Crippen molar-refractivity contribution < 1.29 is 14.9 Å². The van der Waals surface area contributed by atoms with Gasteiger partial charge in [-0.15, -0.1) is 0 Å². The van der Waals surface area contributed by atoms with Crippen molar-refractivity contribution in [1.82, 2.24) is 0 Å². The second-order valence-electron chi connectivity index (χ2n) is 8.75. The second kappa shape index (κ2) is 5.18. The molecular formula is C20H30O3. The van der Waals surface area contributed by atoms with E-state index in [9.17, 15) is 10.2 Å². The lowest BCUT2D eigenvalue weighted by molar-refractivity contribution is -0.0688. The lowest BCUT2D eigenvalue weighted by atomic mass is 9.50. The number of hydrogen-bond acceptors (Lipinski definition) is 3. The molecule has 2 fully saturated rings. The van der Waals surface area contributed by atoms with Crippen LogP contribution >= 0.6 is 0 Å². The smallest absolute Gasteiger partial charge is 0.0724 e. The van der Waals surface area contributed by atoms with Crippen LogP contribution in [0, 0.1) is 28.6 Å². The highest BCUT2D eigenvalue weighted by atomic mass is 16.5. The number of aliphatic hydroxyl groups excluding tert-OH is 2. The predicted molar refractivity (Wildman–Crippen MR) is 89.8 cm³/mol. The molecule has 0 aromatic carbocycles. The zero-order valence-corrected chi connectivity index (χ0v) is 14.5. The van der Waals surface area contributed by atoms with E-state index in [4.69, 9.17) is 4.74 Å². The number of fused-ring (bicyclic) bond motifs is 5. The maximum Gasteiger partial charge on any atom is 0.0724 e. The molecule has 0 saturated heterocycles. The van der Waals surface area contributed by atoms with Gasteiger partial charge in [0, 0.05) is 23.9 Å². The highest BCUT2D eigenvalue weighted by molar-refractivity contribution is 5.35. The summed E-state index contributed by atoms with van der Waals surface area (Å²) in [4.78, 5) is 0. The zero-order valence-electron chi connectivity index (χ0n) is 14.5. The molecule has 4 rings (SSSR count). The van der Waals surface area contributed by atoms with Gasteiger partial charge in [-0.05, 0) is 43.9 Å². The lowest BCUT2D eigenvalue weighted by Gasteiger charge is -2.57. The summed E-state index contributed by atoms with van der Waals surface area (Å²) >= 11 is 0. The average molecular weight is 318 g/mol. The molecule has 3 heteroatoms. The van der Waals surface area contributed by atoms with Crippen LogP contribution in [0.15, 0.2) is 23.8 Å². The molecule has 3 nitrogen and oxygen atoms in total. The summed E-state index contributed by atoms with van der Waals surface area (Å²) in [5.41, 5.74) is 1.57. The standard InChI is InChI=1S/C20H30O3/c1-19-8-6-13(21)10-12(19)11-16(23-3)18-14-4-5-17(22)20(14,2)9-7-15(18)19/h6-8,12-14,16-18,21-22H,4-5,9-11H2,1-3H3/t12-,13-,14-,16-,17-,18-,19-,20-/m0/s1. The molecule has 4 aliphatic rings. The Labute approximate surface area is 139 Å². The van der Waals surface area contributed by atoms with E-state index in [2.05, 4.69) is 26.0 Å². The van der Waals surface area contributed by atoms with Gasteiger partial charge in [-0.3, -0.25) is 0 Å². The summed E-state index contributed by atoms with van der Waals surface area (Å²) in [6.07, 6.45) is 11.2. The van der Waals surface area contributed by atoms with Crippen molar-refractivity contribution in [3.8, 4) is 0 Å². The number of methoxy groups -OCH3 is 1. The average Bonchev–Trinajstić information content (AvgIpc) is 2.83. The van der Waals surface area contributed by atoms with Gasteiger partial charge in [-0.25, -0.2) is 0 Å². The molecule has 4 aliphatic carbocycles. The minimum atomic E-state index is -0.315. The molecule has 0 aromatic heterocycles. The molecule has 0 amide bonds. The van der Waals surface area contributed by atoms with Crippen LogP contribution in [0.3, 0.4) is 0 Å². The van der Waals surface area contributed by atoms with Crippen molar-refractivity contribution in [3.63, 3.8) is 0 Å². The van der Waals surface area contributed by atoms with Gasteiger partial charge >= 0.3 is 0 Å². The Bertz CT molecular complexity index is 553. The Kier molecular flexibility index (Phi) is 3.57. The first-order valence-electron chi connectivity index (χ1n) is 9.19. The van der Waals surface area contributed by atoms with Crippen LogP contribution in [-0.2, 0) is 4.74 Å². The normalized spacial score (nSPS) is 54.9. The van der Waals surface area contributed by atoms with E-state index in [0.29, 0.717) is 17.8 Å². The Morgan fingerprint density at radius 1 is 1.17 bits per heavy atom. The van der Waals surface area contributed by atoms with Crippen LogP contribution in [0.5, 0.6) is 0 Å². The van der Waals surface area contributed by atoms with E-state index < -0.39 is 0 Å². The number of rotatable bonds is 1. The van der Waals surface area contributed by atoms with E-state index >= 15 is 0 Å². The van der Waals surface area contributed by atoms with Crippen molar-refractivity contribution >= 4 is 0 Å². The predicted octanol–water partition coefficient (Wildman–Crippen LogP) is 3.07. The van der Waals surface area contributed by atoms with Crippen molar-refractivity contribution in [3.05, 3.63) is 23.8 Å². The maximum atomic E-state index is 10.5. The summed E-state index contributed by atoms with van der Waals surface area (Å²) in [7, 11) is 1.83. The molecule has 0 spiro atoms. The van der Waals surface area contributed by atoms with Gasteiger partial charge in [0.1, 0.15) is 0 Å². The molecule has 0 bridgehead atoms. The summed E-state index contributed by atoms with van der Waals surface area (Å²) in [6.45, 7) is 4.61. The Morgan fingerprint density at radius 3 is 2.70 bits per heavy atom. The molecule has 0 radical (unpaired) electrons. The second-order valence-corrected chi connectivity index (χ2v) is 8.75. The first-order valence-corrected chi connectivity index (χ1v) is 9.19. The highest BCUT2D eigenvalue weighted by Crippen LogP contribution is 2.63. The fourth-order valence-corrected chi connectivity index (χ4v) is 6.25. The molecule has 0 aliphatic heterocycles. The van der Waals surface area contributed by atoms with Gasteiger partial charge in [0.25, 0.3) is 0 Å². The van der Waals surface area contributed by atoms with Gasteiger partial charge in [-0.2, -0.15) is 0 Å². The van der Waals surface area contributed by atoms with Crippen LogP contribution in [0.2, 0.25) is 0 Å². The molecule has 2 saturated carbocycles. The van der Waals surface area contributed by atoms with E-state index in [1.165, 1.54) is 5.57 Å². The zero-order chi connectivity index (χ0) is 16.4. The van der Waals surface area contributed by atoms with Gasteiger partial charge < -0.3 is 14.9 Å². The summed E-state index contributed by atoms with van der Waals surface area (Å²) in [6, 6.07) is 0. The van der Waals surface area contributed by atoms with Crippen molar-refractivity contribution in [2.45, 2.75) is 64.3 Å². The van der Waals surface area contributed by atoms with Crippen LogP contribution in [-0.4, -0.2) is 35.6 Å². The quantitative estimate of drug-likeness (QED) is 0.731. The van der Waals surface area contributed by atoms with Gasteiger partial charge in [-0.1, -0.05) is 37.6 Å². The fourth-order valence-electron chi connectivity index (χ4n) is 6.25. The molecule has 23 heavy (non-hydrogen) atoms. The van der Waals surface area contributed by atoms with Crippen LogP contribution in [0.1, 0.15) is 46.0 Å². The topological polar surface area (TPSA) is 49.7 Å². The Morgan fingerprint density at radius 2 is 1.96 bits per heavy atom. The number of aliphatic hydroxyl groups is 2. The van der Waals surface area contributed by atoms with E-state index in [-0.39, 0.29) is 29.1 Å². The van der Waals surface area contributed by atoms with E-state index in [1.54, 1.807) is 0 Å². The minimum Gasteiger partial charge on any atom is -0.393 e. The SMILES string of the molecule is CO[C@H]1C[C@@H]2C[C@@H](O)C=C[C@]2(C)C2=CC[C@]3(C)[C@@H](O)CC[C@H]3[C@@H]21. The minimum absolute atomic E-state index is 0.00599. The highest BCUT2D eigenvalue weighted by Gasteiger charge is 2.59. The lowest BCUT2D eigenvalue weighted by Crippen LogP contribution is -2.53. The van der Waals surface area contributed by atoms with Gasteiger partial charge in [0.05, 0.1) is 18.3 Å². The molecular weight excluding hydrogens is 288 g/mol. The molecule has 8 atom stereocenters. The first kappa shape index (κ1) is 15.9. The summed E-state index contributed by atoms with van der Waals surface area (Å²) < 4.78 is 5.95. The van der Waals surface area contributed by atoms with Crippen molar-refractivity contribution in [2.75, 3.05) is 7.11 Å². The van der Waals surface area contributed by atoms with E-state index in [0.717, 1.165) is 32.1 Å². The molecule has 128 valence electrons. The maximum absolute atomic E-state index is 10.5. The van der Waals surface area contributed by atoms with Gasteiger partial charge in [0.15, 0.2) is 0 Å². The molecule has 2 N–H and O–H groups in total. The fraction of sp³-hybridized carbons (Fsp3) is 0.800. The number of hydrogen-bond donors (Lipinski definition) is 2. The molecule has 0 heterocycles. The first-order chi connectivity index (χ1) is 10.9. The number of ether oxygens (including phenoxy) is 1. The summed E-state index contributed by atoms with van der Waals surface area (Å²) in [5.74, 6) is 1.38. The Balaban J connectivity index is 1.79. The van der Waals surface area contributed by atoms with Crippen LogP contribution in [0.4, 0.5) is 0 Å². The van der Waals surface area contributed by atoms with Crippen molar-refractivity contribution in [2.24, 2.45) is 28.6 Å². The third kappa shape index (κ3) is 2.06. The Hall–Kier alpha value is -0.640. The van der Waals surface area contributed by atoms with E-state index in [1.807, 2.05) is 13.2 Å². The van der Waals surface area contributed by atoms with Gasteiger partial charge in [0.2, 0.25) is 0 Å². The molecule has 0 aromatic rings. The van der Waals surface area contributed by atoms with Crippen LogP contribution in [0.25, 0.3) is 0 Å². The molecule has 0 unspecified atom stereocenters. The van der Waals surface area contributed by atoms with Crippen LogP contribution < -0.4 is 0 Å². The summed E-state index contributed by atoms with van der Waals surface area (Å²) in [5, 5.41) is 20.6.